The lowest BCUT2D eigenvalue weighted by atomic mass is 9.87. The second-order valence-corrected chi connectivity index (χ2v) is 4.62. The molecule has 1 aliphatic rings. The van der Waals surface area contributed by atoms with Crippen LogP contribution < -0.4 is 0 Å². The first-order valence-electron chi connectivity index (χ1n) is 3.92. The molecule has 1 fully saturated rings. The van der Waals surface area contributed by atoms with Crippen LogP contribution in [-0.2, 0) is 2.51 Å². The summed E-state index contributed by atoms with van der Waals surface area (Å²) in [6, 6.07) is 0. The third-order valence-electron chi connectivity index (χ3n) is 2.18. The van der Waals surface area contributed by atoms with Gasteiger partial charge in [0.25, 0.3) is 0 Å². The molecular formula is C7H12INO2S. The fraction of sp³-hybridized carbons (Fsp3) is 0.857. The van der Waals surface area contributed by atoms with Gasteiger partial charge in [-0.3, -0.25) is 0 Å². The van der Waals surface area contributed by atoms with Crippen LogP contribution in [0.2, 0.25) is 0 Å². The van der Waals surface area contributed by atoms with E-state index in [2.05, 4.69) is 11.3 Å². The van der Waals surface area contributed by atoms with Gasteiger partial charge in [-0.05, 0) is 18.8 Å². The summed E-state index contributed by atoms with van der Waals surface area (Å²) in [4.78, 5) is 0. The monoisotopic (exact) mass is 301 g/mol. The molecule has 5 heteroatoms. The van der Waals surface area contributed by atoms with Gasteiger partial charge >= 0.3 is 0 Å². The summed E-state index contributed by atoms with van der Waals surface area (Å²) in [7, 11) is 0. The van der Waals surface area contributed by atoms with E-state index in [-0.39, 0.29) is 6.10 Å². The molecule has 0 amide bonds. The van der Waals surface area contributed by atoms with Crippen molar-refractivity contribution < 1.29 is 7.62 Å². The van der Waals surface area contributed by atoms with E-state index in [1.807, 2.05) is 0 Å². The summed E-state index contributed by atoms with van der Waals surface area (Å²) in [6.45, 7) is 2.07. The molecule has 3 nitrogen and oxygen atoms in total. The summed E-state index contributed by atoms with van der Waals surface area (Å²) in [5, 5.41) is 9.51. The Hall–Kier alpha value is 0.670. The molecule has 0 aromatic rings. The molecule has 0 aromatic heterocycles. The topological polar surface area (TPSA) is 41.8 Å². The molecule has 1 N–H and O–H groups in total. The molecule has 70 valence electrons. The van der Waals surface area contributed by atoms with E-state index in [0.29, 0.717) is 12.3 Å². The Morgan fingerprint density at radius 2 is 2.50 bits per heavy atom. The third kappa shape index (κ3) is 3.20. The van der Waals surface area contributed by atoms with Gasteiger partial charge in [0, 0.05) is 12.1 Å². The molecule has 1 saturated carbocycles. The second kappa shape index (κ2) is 5.41. The van der Waals surface area contributed by atoms with Crippen molar-refractivity contribution in [3.63, 3.8) is 0 Å². The zero-order valence-electron chi connectivity index (χ0n) is 6.86. The van der Waals surface area contributed by atoms with Gasteiger partial charge in [-0.25, -0.2) is 2.51 Å². The minimum Gasteiger partial charge on any atom is -0.392 e. The standard InChI is InChI=1S/C7H12INO2S/c1-5-2-3-6(4-7(5)10)9-12-11-8/h5,7,10H,2-4H2,1H3/t5-,7-/m1/s1. The van der Waals surface area contributed by atoms with Crippen LogP contribution in [0, 0.1) is 5.92 Å². The molecular weight excluding hydrogens is 289 g/mol. The van der Waals surface area contributed by atoms with Crippen LogP contribution in [0.25, 0.3) is 0 Å². The van der Waals surface area contributed by atoms with Crippen LogP contribution in [0.15, 0.2) is 4.40 Å². The molecule has 0 spiro atoms. The number of hydrogen-bond acceptors (Lipinski definition) is 4. The molecule has 0 heterocycles. The van der Waals surface area contributed by atoms with E-state index in [0.717, 1.165) is 30.8 Å². The zero-order valence-corrected chi connectivity index (χ0v) is 9.84. The van der Waals surface area contributed by atoms with Crippen molar-refractivity contribution in [3.05, 3.63) is 0 Å². The normalized spacial score (nSPS) is 34.1. The molecule has 0 aliphatic heterocycles. The van der Waals surface area contributed by atoms with Crippen molar-refractivity contribution in [1.29, 1.82) is 0 Å². The van der Waals surface area contributed by atoms with Gasteiger partial charge in [0.1, 0.15) is 35.2 Å². The Bertz CT molecular complexity index is 177. The number of nitrogens with zero attached hydrogens (tertiary/aromatic N) is 1. The van der Waals surface area contributed by atoms with E-state index >= 15 is 0 Å². The highest BCUT2D eigenvalue weighted by Crippen LogP contribution is 2.24. The summed E-state index contributed by atoms with van der Waals surface area (Å²) >= 11 is 2.87. The Morgan fingerprint density at radius 3 is 3.08 bits per heavy atom. The van der Waals surface area contributed by atoms with Gasteiger partial charge in [-0.2, -0.15) is 4.40 Å². The first kappa shape index (κ1) is 10.7. The fourth-order valence-corrected chi connectivity index (χ4v) is 1.82. The minimum atomic E-state index is -0.215. The molecule has 0 unspecified atom stereocenters. The highest BCUT2D eigenvalue weighted by Gasteiger charge is 2.22. The first-order valence-corrected chi connectivity index (χ1v) is 5.50. The predicted molar refractivity (Wildman–Crippen MR) is 59.2 cm³/mol. The van der Waals surface area contributed by atoms with Gasteiger partial charge < -0.3 is 5.11 Å². The highest BCUT2D eigenvalue weighted by atomic mass is 127. The van der Waals surface area contributed by atoms with Crippen LogP contribution in [-0.4, -0.2) is 16.9 Å². The molecule has 0 radical (unpaired) electrons. The Labute approximate surface area is 91.0 Å². The Balaban J connectivity index is 2.39. The smallest absolute Gasteiger partial charge is 0.146 e. The predicted octanol–water partition coefficient (Wildman–Crippen LogP) is 2.54. The van der Waals surface area contributed by atoms with E-state index < -0.39 is 0 Å². The van der Waals surface area contributed by atoms with Gasteiger partial charge in [0.2, 0.25) is 0 Å². The molecule has 0 saturated heterocycles. The molecule has 1 aliphatic carbocycles. The number of halogens is 1. The SMILES string of the molecule is C[C@@H]1CCC(=NSOI)C[C@H]1O. The summed E-state index contributed by atoms with van der Waals surface area (Å²) in [5.41, 5.74) is 1.06. The fourth-order valence-electron chi connectivity index (χ4n) is 1.28. The van der Waals surface area contributed by atoms with Crippen molar-refractivity contribution in [1.82, 2.24) is 0 Å². The molecule has 0 bridgehead atoms. The number of aliphatic hydroxyl groups excluding tert-OH is 1. The maximum atomic E-state index is 9.51. The third-order valence-corrected chi connectivity index (χ3v) is 3.06. The number of hydrogen-bond donors (Lipinski definition) is 1. The van der Waals surface area contributed by atoms with Crippen LogP contribution in [0.1, 0.15) is 26.2 Å². The Morgan fingerprint density at radius 1 is 1.75 bits per heavy atom. The van der Waals surface area contributed by atoms with Crippen molar-refractivity contribution in [3.8, 4) is 0 Å². The zero-order chi connectivity index (χ0) is 8.97. The van der Waals surface area contributed by atoms with Crippen LogP contribution >= 0.6 is 35.2 Å². The van der Waals surface area contributed by atoms with Gasteiger partial charge in [0.15, 0.2) is 0 Å². The van der Waals surface area contributed by atoms with Crippen molar-refractivity contribution >= 4 is 40.9 Å². The molecule has 2 atom stereocenters. The average molecular weight is 301 g/mol. The van der Waals surface area contributed by atoms with Crippen molar-refractivity contribution in [2.24, 2.45) is 10.3 Å². The van der Waals surface area contributed by atoms with E-state index in [1.165, 1.54) is 0 Å². The van der Waals surface area contributed by atoms with E-state index in [1.54, 1.807) is 23.0 Å². The molecule has 1 rings (SSSR count). The van der Waals surface area contributed by atoms with Crippen LogP contribution in [0.5, 0.6) is 0 Å². The molecule has 12 heavy (non-hydrogen) atoms. The summed E-state index contributed by atoms with van der Waals surface area (Å²) in [5.74, 6) is 0.412. The maximum absolute atomic E-state index is 9.51. The lowest BCUT2D eigenvalue weighted by molar-refractivity contribution is 0.111. The lowest BCUT2D eigenvalue weighted by Gasteiger charge is -2.24. The molecule has 0 aromatic carbocycles. The first-order chi connectivity index (χ1) is 5.74. The van der Waals surface area contributed by atoms with Gasteiger partial charge in [-0.1, -0.05) is 6.92 Å². The van der Waals surface area contributed by atoms with Gasteiger partial charge in [-0.15, -0.1) is 0 Å². The van der Waals surface area contributed by atoms with Crippen LogP contribution in [0.3, 0.4) is 0 Å². The average Bonchev–Trinajstić information content (AvgIpc) is 2.07. The van der Waals surface area contributed by atoms with Crippen LogP contribution in [0.4, 0.5) is 0 Å². The van der Waals surface area contributed by atoms with E-state index in [9.17, 15) is 5.11 Å². The largest absolute Gasteiger partial charge is 0.392 e. The number of aliphatic hydroxyl groups is 1. The summed E-state index contributed by atoms with van der Waals surface area (Å²) in [6.07, 6.45) is 2.51. The quantitative estimate of drug-likeness (QED) is 0.484. The minimum absolute atomic E-state index is 0.215. The number of rotatable bonds is 2. The van der Waals surface area contributed by atoms with E-state index in [4.69, 9.17) is 2.51 Å². The summed E-state index contributed by atoms with van der Waals surface area (Å²) < 4.78 is 8.85. The highest BCUT2D eigenvalue weighted by molar-refractivity contribution is 14.1. The van der Waals surface area contributed by atoms with Crippen molar-refractivity contribution in [2.45, 2.75) is 32.3 Å². The Kier molecular flexibility index (Phi) is 4.85. The second-order valence-electron chi connectivity index (χ2n) is 3.08. The maximum Gasteiger partial charge on any atom is 0.146 e. The lowest BCUT2D eigenvalue weighted by Crippen LogP contribution is -2.27. The van der Waals surface area contributed by atoms with Gasteiger partial charge in [0.05, 0.1) is 6.10 Å². The van der Waals surface area contributed by atoms with Crippen molar-refractivity contribution in [2.75, 3.05) is 0 Å².